The topological polar surface area (TPSA) is 136 Å². The first-order valence-electron chi connectivity index (χ1n) is 14.3. The highest BCUT2D eigenvalue weighted by Gasteiger charge is 2.39. The number of nitrogens with one attached hydrogen (secondary N) is 3. The fraction of sp³-hybridized carbons (Fsp3) is 0.387. The van der Waals surface area contributed by atoms with Crippen LogP contribution in [0.25, 0.3) is 10.9 Å². The summed E-state index contributed by atoms with van der Waals surface area (Å²) in [6.45, 7) is 1.37. The lowest BCUT2D eigenvalue weighted by Crippen LogP contribution is -2.50. The molecule has 1 aliphatic heterocycles. The molecule has 0 saturated heterocycles. The second-order valence-electron chi connectivity index (χ2n) is 10.6. The van der Waals surface area contributed by atoms with Crippen LogP contribution >= 0.6 is 11.3 Å². The first kappa shape index (κ1) is 30.2. The minimum atomic E-state index is -0.996. The molecule has 0 radical (unpaired) electrons. The maximum Gasteiger partial charge on any atom is 0.270 e. The predicted octanol–water partition coefficient (Wildman–Crippen LogP) is 2.75. The fourth-order valence-electron chi connectivity index (χ4n) is 5.37. The number of nitrogens with zero attached hydrogens (tertiary/aromatic N) is 3. The monoisotopic (exact) mass is 604 g/mol. The van der Waals surface area contributed by atoms with Gasteiger partial charge in [0.2, 0.25) is 5.91 Å². The number of hydrogen-bond acceptors (Lipinski definition) is 8. The van der Waals surface area contributed by atoms with Crippen molar-refractivity contribution < 1.29 is 23.9 Å². The van der Waals surface area contributed by atoms with Gasteiger partial charge in [-0.1, -0.05) is 30.3 Å². The average molecular weight is 605 g/mol. The van der Waals surface area contributed by atoms with Crippen LogP contribution in [0.15, 0.2) is 59.4 Å². The molecule has 12 heteroatoms. The molecule has 3 amide bonds. The number of carbonyl (C=O) groups excluding carboxylic acids is 3. The first-order chi connectivity index (χ1) is 21.0. The molecule has 5 rings (SSSR count). The Morgan fingerprint density at radius 1 is 1.19 bits per heavy atom. The van der Waals surface area contributed by atoms with Gasteiger partial charge < -0.3 is 25.4 Å². The van der Waals surface area contributed by atoms with Gasteiger partial charge in [0.15, 0.2) is 6.61 Å². The molecule has 1 aliphatic rings. The third-order valence-corrected chi connectivity index (χ3v) is 8.18. The van der Waals surface area contributed by atoms with Crippen LogP contribution in [0.3, 0.4) is 0 Å². The van der Waals surface area contributed by atoms with Crippen molar-refractivity contribution in [3.05, 3.63) is 76.4 Å². The molecule has 3 heterocycles. The van der Waals surface area contributed by atoms with E-state index in [1.807, 2.05) is 47.8 Å². The van der Waals surface area contributed by atoms with Gasteiger partial charge in [-0.3, -0.25) is 19.1 Å². The van der Waals surface area contributed by atoms with Crippen molar-refractivity contribution in [1.82, 2.24) is 30.7 Å². The van der Waals surface area contributed by atoms with Crippen LogP contribution in [0.1, 0.15) is 34.6 Å². The first-order valence-corrected chi connectivity index (χ1v) is 15.3. The van der Waals surface area contributed by atoms with Crippen molar-refractivity contribution >= 4 is 40.0 Å². The van der Waals surface area contributed by atoms with Crippen LogP contribution in [0.5, 0.6) is 5.75 Å². The Morgan fingerprint density at radius 3 is 2.91 bits per heavy atom. The van der Waals surface area contributed by atoms with E-state index in [2.05, 4.69) is 26.0 Å². The molecule has 1 unspecified atom stereocenters. The summed E-state index contributed by atoms with van der Waals surface area (Å²) >= 11 is 1.52. The number of benzene rings is 2. The zero-order chi connectivity index (χ0) is 30.1. The van der Waals surface area contributed by atoms with Gasteiger partial charge in [0.1, 0.15) is 11.4 Å². The van der Waals surface area contributed by atoms with Crippen LogP contribution in [0.4, 0.5) is 0 Å². The molecule has 0 spiro atoms. The lowest BCUT2D eigenvalue weighted by atomic mass is 9.76. The molecular weight excluding hydrogens is 568 g/mol. The molecule has 4 aromatic rings. The zero-order valence-electron chi connectivity index (χ0n) is 24.1. The Bertz CT molecular complexity index is 1560. The number of hydrogen-bond donors (Lipinski definition) is 3. The third kappa shape index (κ3) is 7.57. The second-order valence-corrected chi connectivity index (χ2v) is 11.3. The van der Waals surface area contributed by atoms with Crippen molar-refractivity contribution in [1.29, 1.82) is 0 Å². The highest BCUT2D eigenvalue weighted by Crippen LogP contribution is 2.31. The van der Waals surface area contributed by atoms with Gasteiger partial charge >= 0.3 is 0 Å². The second kappa shape index (κ2) is 14.3. The lowest BCUT2D eigenvalue weighted by Gasteiger charge is -2.33. The van der Waals surface area contributed by atoms with E-state index in [0.29, 0.717) is 61.2 Å². The summed E-state index contributed by atoms with van der Waals surface area (Å²) in [4.78, 5) is 44.8. The highest BCUT2D eigenvalue weighted by molar-refractivity contribution is 7.07. The van der Waals surface area contributed by atoms with Gasteiger partial charge in [-0.25, -0.2) is 4.98 Å². The largest absolute Gasteiger partial charge is 0.484 e. The van der Waals surface area contributed by atoms with Crippen LogP contribution in [-0.2, 0) is 33.7 Å². The van der Waals surface area contributed by atoms with Crippen molar-refractivity contribution in [2.24, 2.45) is 5.41 Å². The Morgan fingerprint density at radius 2 is 2.07 bits per heavy atom. The molecule has 0 aliphatic carbocycles. The Hall–Kier alpha value is -4.29. The summed E-state index contributed by atoms with van der Waals surface area (Å²) in [5.41, 5.74) is 3.59. The minimum absolute atomic E-state index is 0.0966. The molecule has 1 atom stereocenters. The van der Waals surface area contributed by atoms with Crippen LogP contribution < -0.4 is 20.7 Å². The van der Waals surface area contributed by atoms with E-state index in [1.54, 1.807) is 23.4 Å². The number of fused-ring (bicyclic) bond motifs is 5. The quantitative estimate of drug-likeness (QED) is 0.263. The van der Waals surface area contributed by atoms with Crippen molar-refractivity contribution in [3.63, 3.8) is 0 Å². The van der Waals surface area contributed by atoms with E-state index in [0.717, 1.165) is 11.3 Å². The molecule has 0 saturated carbocycles. The molecule has 3 N–H and O–H groups in total. The Balaban J connectivity index is 1.50. The summed E-state index contributed by atoms with van der Waals surface area (Å²) in [7, 11) is 1.63. The zero-order valence-corrected chi connectivity index (χ0v) is 25.0. The molecule has 226 valence electrons. The summed E-state index contributed by atoms with van der Waals surface area (Å²) < 4.78 is 12.7. The molecule has 2 aromatic heterocycles. The number of aromatic nitrogens is 3. The van der Waals surface area contributed by atoms with Crippen molar-refractivity contribution in [3.8, 4) is 5.75 Å². The minimum Gasteiger partial charge on any atom is -0.484 e. The van der Waals surface area contributed by atoms with Crippen LogP contribution in [-0.4, -0.2) is 72.4 Å². The summed E-state index contributed by atoms with van der Waals surface area (Å²) in [5.74, 6) is -0.257. The molecule has 2 bridgehead atoms. The predicted molar refractivity (Wildman–Crippen MR) is 163 cm³/mol. The van der Waals surface area contributed by atoms with Gasteiger partial charge in [0, 0.05) is 50.5 Å². The molecule has 43 heavy (non-hydrogen) atoms. The fourth-order valence-corrected chi connectivity index (χ4v) is 5.97. The van der Waals surface area contributed by atoms with E-state index >= 15 is 0 Å². The maximum atomic E-state index is 14.1. The average Bonchev–Trinajstić information content (AvgIpc) is 3.66. The Kier molecular flexibility index (Phi) is 10.0. The molecule has 11 nitrogen and oxygen atoms in total. The van der Waals surface area contributed by atoms with Gasteiger partial charge in [0.25, 0.3) is 11.8 Å². The van der Waals surface area contributed by atoms with E-state index in [-0.39, 0.29) is 44.0 Å². The number of ether oxygens (including phenoxy) is 2. The van der Waals surface area contributed by atoms with Gasteiger partial charge in [0.05, 0.1) is 28.7 Å². The molecular formula is C31H36N6O5S. The summed E-state index contributed by atoms with van der Waals surface area (Å²) in [6.07, 6.45) is 2.02. The number of carbonyl (C=O) groups is 3. The maximum absolute atomic E-state index is 14.1. The SMILES string of the molecule is COCCCC1(C(=O)NCCc2cscn2)CNC(=O)c2c3ccccc3nn2CCNC(=O)COc2cccc(c2)C1. The summed E-state index contributed by atoms with van der Waals surface area (Å²) in [5, 5.41) is 16.3. The van der Waals surface area contributed by atoms with E-state index in [1.165, 1.54) is 11.3 Å². The van der Waals surface area contributed by atoms with Crippen LogP contribution in [0.2, 0.25) is 0 Å². The smallest absolute Gasteiger partial charge is 0.270 e. The number of methoxy groups -OCH3 is 1. The van der Waals surface area contributed by atoms with Crippen LogP contribution in [0, 0.1) is 5.41 Å². The number of amides is 3. The summed E-state index contributed by atoms with van der Waals surface area (Å²) in [6, 6.07) is 14.8. The standard InChI is InChI=1S/C31H36N6O5S/c1-41-15-5-11-31(30(40)33-12-10-23-19-43-21-35-23)17-22-6-4-7-24(16-22)42-18-27(38)32-13-14-37-28(29(39)34-20-31)25-8-2-3-9-26(25)36-37/h2-4,6-9,16,19,21H,5,10-15,17-18,20H2,1H3,(H,32,38)(H,33,40)(H,34,39). The van der Waals surface area contributed by atoms with E-state index in [9.17, 15) is 14.4 Å². The number of rotatable bonds is 8. The van der Waals surface area contributed by atoms with Gasteiger partial charge in [-0.15, -0.1) is 11.3 Å². The lowest BCUT2D eigenvalue weighted by molar-refractivity contribution is -0.131. The highest BCUT2D eigenvalue weighted by atomic mass is 32.1. The van der Waals surface area contributed by atoms with Gasteiger partial charge in [-0.2, -0.15) is 5.10 Å². The Labute approximate surface area is 254 Å². The van der Waals surface area contributed by atoms with Crippen molar-refractivity contribution in [2.45, 2.75) is 32.2 Å². The van der Waals surface area contributed by atoms with Crippen molar-refractivity contribution in [2.75, 3.05) is 40.0 Å². The van der Waals surface area contributed by atoms with E-state index < -0.39 is 5.41 Å². The molecule has 2 aromatic carbocycles. The van der Waals surface area contributed by atoms with Gasteiger partial charge in [-0.05, 0) is 43.0 Å². The van der Waals surface area contributed by atoms with E-state index in [4.69, 9.17) is 9.47 Å². The third-order valence-electron chi connectivity index (χ3n) is 7.54. The molecule has 0 fully saturated rings. The number of thiazole rings is 1. The normalized spacial score (nSPS) is 17.9.